The van der Waals surface area contributed by atoms with Crippen LogP contribution in [0.5, 0.6) is 0 Å². The minimum Gasteiger partial charge on any atom is -0.466 e. The predicted octanol–water partition coefficient (Wildman–Crippen LogP) is 4.54. The van der Waals surface area contributed by atoms with Gasteiger partial charge in [-0.1, -0.05) is 6.07 Å². The second-order valence-corrected chi connectivity index (χ2v) is 8.58. The number of benzene rings is 2. The van der Waals surface area contributed by atoms with Crippen molar-refractivity contribution in [1.29, 1.82) is 0 Å². The summed E-state index contributed by atoms with van der Waals surface area (Å²) in [5, 5.41) is 4.44. The third-order valence-corrected chi connectivity index (χ3v) is 6.22. The van der Waals surface area contributed by atoms with E-state index in [0.717, 1.165) is 64.9 Å². The summed E-state index contributed by atoms with van der Waals surface area (Å²) >= 11 is 0. The molecule has 1 aliphatic rings. The number of H-pyrrole nitrogens is 1. The van der Waals surface area contributed by atoms with Gasteiger partial charge in [0.05, 0.1) is 12.5 Å². The Morgan fingerprint density at radius 2 is 1.84 bits per heavy atom. The van der Waals surface area contributed by atoms with E-state index in [4.69, 9.17) is 4.74 Å². The molecule has 2 heterocycles. The second-order valence-electron chi connectivity index (χ2n) is 8.58. The van der Waals surface area contributed by atoms with E-state index < -0.39 is 0 Å². The first-order valence-electron chi connectivity index (χ1n) is 11.3. The first kappa shape index (κ1) is 21.9. The normalized spacial score (nSPS) is 14.5. The van der Waals surface area contributed by atoms with Crippen LogP contribution >= 0.6 is 0 Å². The molecule has 6 nitrogen and oxygen atoms in total. The van der Waals surface area contributed by atoms with Gasteiger partial charge in [0, 0.05) is 47.5 Å². The summed E-state index contributed by atoms with van der Waals surface area (Å²) in [5.74, 6) is -0.0551. The Balaban J connectivity index is 1.38. The second kappa shape index (κ2) is 9.47. The van der Waals surface area contributed by atoms with Crippen LogP contribution in [0.25, 0.3) is 10.9 Å². The Bertz CT molecular complexity index is 1160. The summed E-state index contributed by atoms with van der Waals surface area (Å²) < 4.78 is 5.15. The van der Waals surface area contributed by atoms with E-state index in [9.17, 15) is 9.59 Å². The number of nitrogens with zero attached hydrogens (tertiary/aromatic N) is 1. The van der Waals surface area contributed by atoms with E-state index in [1.807, 2.05) is 38.1 Å². The molecule has 168 valence electrons. The molecule has 2 aromatic carbocycles. The van der Waals surface area contributed by atoms with Crippen LogP contribution in [0.15, 0.2) is 47.3 Å². The molecule has 0 unspecified atom stereocenters. The van der Waals surface area contributed by atoms with Gasteiger partial charge in [0.25, 0.3) is 5.56 Å². The van der Waals surface area contributed by atoms with Gasteiger partial charge < -0.3 is 19.9 Å². The van der Waals surface area contributed by atoms with Crippen LogP contribution in [0.3, 0.4) is 0 Å². The molecule has 1 aliphatic heterocycles. The van der Waals surface area contributed by atoms with Crippen LogP contribution in [-0.4, -0.2) is 30.6 Å². The van der Waals surface area contributed by atoms with Crippen LogP contribution in [0.1, 0.15) is 36.5 Å². The van der Waals surface area contributed by atoms with Crippen molar-refractivity contribution in [3.63, 3.8) is 0 Å². The number of pyridine rings is 1. The largest absolute Gasteiger partial charge is 0.466 e. The van der Waals surface area contributed by atoms with Crippen molar-refractivity contribution in [3.8, 4) is 0 Å². The molecule has 2 N–H and O–H groups in total. The van der Waals surface area contributed by atoms with Crippen LogP contribution in [0, 0.1) is 19.8 Å². The standard InChI is InChI=1S/C26H31N3O3/c1-4-32-26(31)19-9-11-29(12-10-19)22-7-5-21(6-8-22)27-16-20-15-23-18(3)13-17(2)14-24(23)28-25(20)30/h5-8,13-15,19,27H,4,9-12,16H2,1-3H3,(H,28,30). The van der Waals surface area contributed by atoms with E-state index in [1.54, 1.807) is 0 Å². The van der Waals surface area contributed by atoms with Gasteiger partial charge in [-0.3, -0.25) is 9.59 Å². The van der Waals surface area contributed by atoms with E-state index in [-0.39, 0.29) is 17.4 Å². The number of hydrogen-bond acceptors (Lipinski definition) is 5. The minimum atomic E-state index is -0.0688. The zero-order valence-corrected chi connectivity index (χ0v) is 19.0. The zero-order valence-electron chi connectivity index (χ0n) is 19.0. The molecule has 1 fully saturated rings. The lowest BCUT2D eigenvalue weighted by Gasteiger charge is -2.32. The van der Waals surface area contributed by atoms with Gasteiger partial charge in [0.1, 0.15) is 0 Å². The lowest BCUT2D eigenvalue weighted by atomic mass is 9.96. The number of rotatable bonds is 6. The van der Waals surface area contributed by atoms with E-state index in [2.05, 4.69) is 40.3 Å². The summed E-state index contributed by atoms with van der Waals surface area (Å²) in [4.78, 5) is 29.8. The molecule has 3 aromatic rings. The molecule has 0 amide bonds. The first-order chi connectivity index (χ1) is 15.4. The van der Waals surface area contributed by atoms with Crippen molar-refractivity contribution < 1.29 is 9.53 Å². The lowest BCUT2D eigenvalue weighted by molar-refractivity contribution is -0.148. The number of nitrogens with one attached hydrogen (secondary N) is 2. The van der Waals surface area contributed by atoms with Gasteiger partial charge >= 0.3 is 5.97 Å². The summed E-state index contributed by atoms with van der Waals surface area (Å²) in [6.45, 7) is 8.55. The maximum absolute atomic E-state index is 12.5. The zero-order chi connectivity index (χ0) is 22.7. The molecule has 1 aromatic heterocycles. The Morgan fingerprint density at radius 3 is 2.53 bits per heavy atom. The first-order valence-corrected chi connectivity index (χ1v) is 11.3. The number of aromatic amines is 1. The van der Waals surface area contributed by atoms with Crippen LogP contribution in [0.2, 0.25) is 0 Å². The average molecular weight is 434 g/mol. The molecule has 32 heavy (non-hydrogen) atoms. The number of aromatic nitrogens is 1. The summed E-state index contributed by atoms with van der Waals surface area (Å²) in [7, 11) is 0. The highest BCUT2D eigenvalue weighted by Crippen LogP contribution is 2.25. The number of hydrogen-bond donors (Lipinski definition) is 2. The Kier molecular flexibility index (Phi) is 6.49. The van der Waals surface area contributed by atoms with Gasteiger partial charge in [-0.15, -0.1) is 0 Å². The smallest absolute Gasteiger partial charge is 0.309 e. The fourth-order valence-electron chi connectivity index (χ4n) is 4.47. The van der Waals surface area contributed by atoms with Crippen molar-refractivity contribution >= 4 is 28.2 Å². The molecular weight excluding hydrogens is 402 g/mol. The molecule has 0 aliphatic carbocycles. The highest BCUT2D eigenvalue weighted by atomic mass is 16.5. The fraction of sp³-hybridized carbons (Fsp3) is 0.385. The van der Waals surface area contributed by atoms with Crippen LogP contribution in [0.4, 0.5) is 11.4 Å². The van der Waals surface area contributed by atoms with Gasteiger partial charge in [0.15, 0.2) is 0 Å². The Morgan fingerprint density at radius 1 is 1.12 bits per heavy atom. The minimum absolute atomic E-state index is 0.0136. The van der Waals surface area contributed by atoms with Gasteiger partial charge in [-0.25, -0.2) is 0 Å². The number of carbonyl (C=O) groups is 1. The van der Waals surface area contributed by atoms with Crippen molar-refractivity contribution in [2.45, 2.75) is 40.2 Å². The van der Waals surface area contributed by atoms with Crippen LogP contribution in [-0.2, 0) is 16.1 Å². The molecule has 0 atom stereocenters. The topological polar surface area (TPSA) is 74.4 Å². The predicted molar refractivity (Wildman–Crippen MR) is 129 cm³/mol. The number of esters is 1. The quantitative estimate of drug-likeness (QED) is 0.559. The van der Waals surface area contributed by atoms with Crippen molar-refractivity contribution in [1.82, 2.24) is 4.98 Å². The third kappa shape index (κ3) is 4.79. The number of fused-ring (bicyclic) bond motifs is 1. The fourth-order valence-corrected chi connectivity index (χ4v) is 4.47. The third-order valence-electron chi connectivity index (χ3n) is 6.22. The molecule has 6 heteroatoms. The van der Waals surface area contributed by atoms with E-state index in [1.165, 1.54) is 0 Å². The average Bonchev–Trinajstić information content (AvgIpc) is 2.78. The van der Waals surface area contributed by atoms with Crippen molar-refractivity contribution in [2.24, 2.45) is 5.92 Å². The van der Waals surface area contributed by atoms with Gasteiger partial charge in [-0.2, -0.15) is 0 Å². The highest BCUT2D eigenvalue weighted by molar-refractivity contribution is 5.83. The maximum Gasteiger partial charge on any atom is 0.309 e. The van der Waals surface area contributed by atoms with E-state index >= 15 is 0 Å². The van der Waals surface area contributed by atoms with Crippen molar-refractivity contribution in [3.05, 3.63) is 69.5 Å². The monoisotopic (exact) mass is 433 g/mol. The lowest BCUT2D eigenvalue weighted by Crippen LogP contribution is -2.36. The number of aryl methyl sites for hydroxylation is 2. The summed E-state index contributed by atoms with van der Waals surface area (Å²) in [5.41, 5.74) is 5.95. The number of piperidine rings is 1. The summed E-state index contributed by atoms with van der Waals surface area (Å²) in [6.07, 6.45) is 1.64. The molecule has 0 bridgehead atoms. The van der Waals surface area contributed by atoms with E-state index in [0.29, 0.717) is 13.2 Å². The SMILES string of the molecule is CCOC(=O)C1CCN(c2ccc(NCc3cc4c(C)cc(C)cc4[nH]c3=O)cc2)CC1. The summed E-state index contributed by atoms with van der Waals surface area (Å²) in [6, 6.07) is 14.4. The molecule has 0 spiro atoms. The Hall–Kier alpha value is -3.28. The molecular formula is C26H31N3O3. The molecule has 0 radical (unpaired) electrons. The van der Waals surface area contributed by atoms with Crippen molar-refractivity contribution in [2.75, 3.05) is 29.9 Å². The van der Waals surface area contributed by atoms with Gasteiger partial charge in [0.2, 0.25) is 0 Å². The number of anilines is 2. The number of carbonyl (C=O) groups excluding carboxylic acids is 1. The maximum atomic E-state index is 12.5. The number of ether oxygens (including phenoxy) is 1. The molecule has 0 saturated carbocycles. The molecule has 4 rings (SSSR count). The highest BCUT2D eigenvalue weighted by Gasteiger charge is 2.26. The Labute approximate surface area is 188 Å². The molecule has 1 saturated heterocycles. The van der Waals surface area contributed by atoms with Gasteiger partial charge in [-0.05, 0) is 81.1 Å². The van der Waals surface area contributed by atoms with Crippen LogP contribution < -0.4 is 15.8 Å².